The third-order valence-corrected chi connectivity index (χ3v) is 5.87. The molecule has 0 saturated carbocycles. The van der Waals surface area contributed by atoms with Crippen LogP contribution in [0.3, 0.4) is 0 Å². The third kappa shape index (κ3) is 3.68. The first-order valence-corrected chi connectivity index (χ1v) is 8.90. The monoisotopic (exact) mass is 326 g/mol. The fraction of sp³-hybridized carbons (Fsp3) is 0.625. The molecular formula is C16H26N2O3S. The summed E-state index contributed by atoms with van der Waals surface area (Å²) in [6, 6.07) is 9.81. The van der Waals surface area contributed by atoms with Crippen molar-refractivity contribution in [1.82, 2.24) is 8.61 Å². The molecule has 1 saturated heterocycles. The average Bonchev–Trinajstić information content (AvgIpc) is 2.46. The number of hydrogen-bond donors (Lipinski definition) is 0. The van der Waals surface area contributed by atoms with Crippen LogP contribution < -0.4 is 0 Å². The molecule has 1 aromatic rings. The maximum Gasteiger partial charge on any atom is 0.281 e. The van der Waals surface area contributed by atoms with Crippen LogP contribution in [-0.4, -0.2) is 50.3 Å². The Morgan fingerprint density at radius 1 is 1.14 bits per heavy atom. The van der Waals surface area contributed by atoms with Gasteiger partial charge in [0.15, 0.2) is 0 Å². The largest absolute Gasteiger partial charge is 0.367 e. The number of morpholine rings is 1. The Labute approximate surface area is 134 Å². The Morgan fingerprint density at radius 2 is 1.73 bits per heavy atom. The zero-order valence-corrected chi connectivity index (χ0v) is 14.8. The Balaban J connectivity index is 2.33. The van der Waals surface area contributed by atoms with E-state index >= 15 is 0 Å². The Kier molecular flexibility index (Phi) is 4.96. The van der Waals surface area contributed by atoms with Crippen LogP contribution in [0.2, 0.25) is 0 Å². The first-order chi connectivity index (χ1) is 10.1. The summed E-state index contributed by atoms with van der Waals surface area (Å²) in [7, 11) is -0.320. The number of hydrogen-bond acceptors (Lipinski definition) is 3. The van der Waals surface area contributed by atoms with Crippen LogP contribution in [0.25, 0.3) is 0 Å². The van der Waals surface area contributed by atoms with Crippen molar-refractivity contribution in [2.75, 3.05) is 27.2 Å². The second kappa shape index (κ2) is 6.28. The van der Waals surface area contributed by atoms with Crippen LogP contribution in [0, 0.1) is 5.41 Å². The zero-order valence-electron chi connectivity index (χ0n) is 14.0. The molecule has 1 aliphatic heterocycles. The highest BCUT2D eigenvalue weighted by Crippen LogP contribution is 2.34. The van der Waals surface area contributed by atoms with Crippen LogP contribution in [0.1, 0.15) is 32.4 Å². The quantitative estimate of drug-likeness (QED) is 0.856. The first-order valence-electron chi connectivity index (χ1n) is 7.50. The molecule has 5 nitrogen and oxygen atoms in total. The summed E-state index contributed by atoms with van der Waals surface area (Å²) >= 11 is 0. The lowest BCUT2D eigenvalue weighted by Gasteiger charge is -2.43. The highest BCUT2D eigenvalue weighted by Gasteiger charge is 2.40. The molecule has 0 unspecified atom stereocenters. The molecule has 1 heterocycles. The molecule has 0 aromatic heterocycles. The Bertz CT molecular complexity index is 594. The van der Waals surface area contributed by atoms with E-state index in [-0.39, 0.29) is 17.6 Å². The predicted molar refractivity (Wildman–Crippen MR) is 87.7 cm³/mol. The number of benzene rings is 1. The van der Waals surface area contributed by atoms with Gasteiger partial charge in [-0.05, 0) is 11.0 Å². The highest BCUT2D eigenvalue weighted by atomic mass is 32.2. The Morgan fingerprint density at radius 3 is 2.23 bits per heavy atom. The molecule has 1 fully saturated rings. The van der Waals surface area contributed by atoms with E-state index < -0.39 is 10.2 Å². The van der Waals surface area contributed by atoms with Gasteiger partial charge < -0.3 is 4.74 Å². The van der Waals surface area contributed by atoms with Crippen molar-refractivity contribution >= 4 is 10.2 Å². The van der Waals surface area contributed by atoms with Crippen molar-refractivity contribution in [2.24, 2.45) is 5.41 Å². The normalized spacial score (nSPS) is 24.6. The van der Waals surface area contributed by atoms with Gasteiger partial charge in [-0.25, -0.2) is 0 Å². The molecule has 1 aromatic carbocycles. The number of ether oxygens (including phenoxy) is 1. The average molecular weight is 326 g/mol. The number of rotatable bonds is 3. The van der Waals surface area contributed by atoms with Crippen LogP contribution in [0.15, 0.2) is 30.3 Å². The van der Waals surface area contributed by atoms with Gasteiger partial charge in [-0.15, -0.1) is 0 Å². The fourth-order valence-electron chi connectivity index (χ4n) is 2.48. The summed E-state index contributed by atoms with van der Waals surface area (Å²) in [6.45, 7) is 6.95. The highest BCUT2D eigenvalue weighted by molar-refractivity contribution is 7.86. The topological polar surface area (TPSA) is 49.9 Å². The summed E-state index contributed by atoms with van der Waals surface area (Å²) in [4.78, 5) is 0. The molecule has 0 radical (unpaired) electrons. The van der Waals surface area contributed by atoms with E-state index in [1.165, 1.54) is 8.61 Å². The molecule has 0 bridgehead atoms. The van der Waals surface area contributed by atoms with Crippen molar-refractivity contribution in [2.45, 2.75) is 33.0 Å². The van der Waals surface area contributed by atoms with E-state index in [9.17, 15) is 8.42 Å². The van der Waals surface area contributed by atoms with Crippen molar-refractivity contribution in [1.29, 1.82) is 0 Å². The molecule has 2 atom stereocenters. The van der Waals surface area contributed by atoms with Crippen molar-refractivity contribution in [3.05, 3.63) is 35.9 Å². The van der Waals surface area contributed by atoms with Gasteiger partial charge in [0.2, 0.25) is 0 Å². The van der Waals surface area contributed by atoms with Gasteiger partial charge in [-0.3, -0.25) is 0 Å². The summed E-state index contributed by atoms with van der Waals surface area (Å²) in [5.74, 6) is 0. The fourth-order valence-corrected chi connectivity index (χ4v) is 3.59. The van der Waals surface area contributed by atoms with Crippen LogP contribution >= 0.6 is 0 Å². The van der Waals surface area contributed by atoms with E-state index in [0.717, 1.165) is 5.56 Å². The van der Waals surface area contributed by atoms with E-state index in [1.54, 1.807) is 14.1 Å². The van der Waals surface area contributed by atoms with Gasteiger partial charge in [0, 0.05) is 27.2 Å². The molecule has 0 N–H and O–H groups in total. The lowest BCUT2D eigenvalue weighted by atomic mass is 9.87. The van der Waals surface area contributed by atoms with Gasteiger partial charge in [0.1, 0.15) is 0 Å². The minimum Gasteiger partial charge on any atom is -0.367 e. The maximum atomic E-state index is 12.5. The maximum absolute atomic E-state index is 12.5. The molecule has 22 heavy (non-hydrogen) atoms. The van der Waals surface area contributed by atoms with E-state index in [4.69, 9.17) is 4.74 Å². The molecule has 0 aliphatic carbocycles. The van der Waals surface area contributed by atoms with E-state index in [0.29, 0.717) is 13.1 Å². The van der Waals surface area contributed by atoms with Gasteiger partial charge in [0.25, 0.3) is 10.2 Å². The van der Waals surface area contributed by atoms with Crippen molar-refractivity contribution in [3.63, 3.8) is 0 Å². The van der Waals surface area contributed by atoms with E-state index in [1.807, 2.05) is 30.3 Å². The Hall–Kier alpha value is -0.950. The summed E-state index contributed by atoms with van der Waals surface area (Å²) in [5, 5.41) is 0. The van der Waals surface area contributed by atoms with Crippen LogP contribution in [-0.2, 0) is 14.9 Å². The molecule has 0 amide bonds. The zero-order chi connectivity index (χ0) is 16.5. The molecule has 124 valence electrons. The third-order valence-electron chi connectivity index (χ3n) is 3.99. The SMILES string of the molecule is CN(C)S(=O)(=O)N1C[C@@H](c2ccccc2)O[C@@H](C(C)(C)C)C1. The second-order valence-electron chi connectivity index (χ2n) is 7.00. The van der Waals surface area contributed by atoms with Crippen molar-refractivity contribution < 1.29 is 13.2 Å². The van der Waals surface area contributed by atoms with Gasteiger partial charge in [-0.1, -0.05) is 51.1 Å². The van der Waals surface area contributed by atoms with Crippen LogP contribution in [0.5, 0.6) is 0 Å². The summed E-state index contributed by atoms with van der Waals surface area (Å²) in [6.07, 6.45) is -0.393. The lowest BCUT2D eigenvalue weighted by molar-refractivity contribution is -0.111. The molecule has 1 aliphatic rings. The number of nitrogens with zero attached hydrogens (tertiary/aromatic N) is 2. The van der Waals surface area contributed by atoms with Crippen LogP contribution in [0.4, 0.5) is 0 Å². The van der Waals surface area contributed by atoms with E-state index in [2.05, 4.69) is 20.8 Å². The molecule has 0 spiro atoms. The minimum absolute atomic E-state index is 0.131. The predicted octanol–water partition coefficient (Wildman–Crippen LogP) is 2.28. The van der Waals surface area contributed by atoms with Gasteiger partial charge in [-0.2, -0.15) is 17.0 Å². The second-order valence-corrected chi connectivity index (χ2v) is 9.14. The summed E-state index contributed by atoms with van der Waals surface area (Å²) < 4.78 is 34.1. The standard InChI is InChI=1S/C16H26N2O3S/c1-16(2,3)15-12-18(22(19,20)17(4)5)11-14(21-15)13-9-7-6-8-10-13/h6-10,14-15H,11-12H2,1-5H3/t14-,15+/m0/s1. The van der Waals surface area contributed by atoms with Gasteiger partial charge >= 0.3 is 0 Å². The smallest absolute Gasteiger partial charge is 0.281 e. The van der Waals surface area contributed by atoms with Gasteiger partial charge in [0.05, 0.1) is 12.2 Å². The van der Waals surface area contributed by atoms with Crippen molar-refractivity contribution in [3.8, 4) is 0 Å². The summed E-state index contributed by atoms with van der Waals surface area (Å²) in [5.41, 5.74) is 0.878. The minimum atomic E-state index is -3.45. The molecule has 6 heteroatoms. The molecule has 2 rings (SSSR count). The lowest BCUT2D eigenvalue weighted by Crippen LogP contribution is -2.53. The first kappa shape index (κ1) is 17.4. The molecular weight excluding hydrogens is 300 g/mol.